The molecule has 6 heteroatoms. The van der Waals surface area contributed by atoms with E-state index >= 15 is 0 Å². The topological polar surface area (TPSA) is 78.1 Å². The van der Waals surface area contributed by atoms with Gasteiger partial charge >= 0.3 is 5.97 Å². The molecule has 0 aliphatic carbocycles. The van der Waals surface area contributed by atoms with Crippen molar-refractivity contribution in [1.82, 2.24) is 15.1 Å². The minimum absolute atomic E-state index is 0.226. The molecule has 0 bridgehead atoms. The largest absolute Gasteiger partial charge is 0.465 e. The van der Waals surface area contributed by atoms with Crippen LogP contribution in [0.25, 0.3) is 11.5 Å². The SMILES string of the molecule is CCOC(=O)C(C)(C)c1nc(-c2ncccc2CC)no1. The van der Waals surface area contributed by atoms with E-state index in [-0.39, 0.29) is 5.89 Å². The number of carbonyl (C=O) groups is 1. The van der Waals surface area contributed by atoms with Crippen molar-refractivity contribution in [2.24, 2.45) is 0 Å². The summed E-state index contributed by atoms with van der Waals surface area (Å²) in [7, 11) is 0. The van der Waals surface area contributed by atoms with Gasteiger partial charge in [0.15, 0.2) is 0 Å². The lowest BCUT2D eigenvalue weighted by molar-refractivity contribution is -0.149. The quantitative estimate of drug-likeness (QED) is 0.787. The average Bonchev–Trinajstić information content (AvgIpc) is 2.97. The zero-order valence-electron chi connectivity index (χ0n) is 12.7. The third-order valence-electron chi connectivity index (χ3n) is 3.23. The van der Waals surface area contributed by atoms with Crippen molar-refractivity contribution in [2.75, 3.05) is 6.61 Å². The van der Waals surface area contributed by atoms with E-state index in [1.165, 1.54) is 0 Å². The molecular formula is C15H19N3O3. The molecule has 0 fully saturated rings. The molecule has 0 saturated heterocycles. The average molecular weight is 289 g/mol. The van der Waals surface area contributed by atoms with Gasteiger partial charge < -0.3 is 9.26 Å². The van der Waals surface area contributed by atoms with Crippen LogP contribution in [-0.2, 0) is 21.4 Å². The maximum atomic E-state index is 12.0. The number of hydrogen-bond acceptors (Lipinski definition) is 6. The Hall–Kier alpha value is -2.24. The predicted octanol–water partition coefficient (Wildman–Crippen LogP) is 2.53. The molecule has 0 N–H and O–H groups in total. The lowest BCUT2D eigenvalue weighted by Crippen LogP contribution is -2.31. The first-order chi connectivity index (χ1) is 10.0. The van der Waals surface area contributed by atoms with Gasteiger partial charge in [0.2, 0.25) is 11.7 Å². The first kappa shape index (κ1) is 15.2. The molecule has 0 atom stereocenters. The molecule has 0 unspecified atom stereocenters. The Morgan fingerprint density at radius 2 is 2.14 bits per heavy atom. The maximum Gasteiger partial charge on any atom is 0.321 e. The number of carbonyl (C=O) groups excluding carboxylic acids is 1. The van der Waals surface area contributed by atoms with E-state index < -0.39 is 11.4 Å². The van der Waals surface area contributed by atoms with Gasteiger partial charge in [0, 0.05) is 6.20 Å². The van der Waals surface area contributed by atoms with Crippen LogP contribution in [0.1, 0.15) is 39.1 Å². The van der Waals surface area contributed by atoms with Crippen LogP contribution in [0.5, 0.6) is 0 Å². The molecule has 0 amide bonds. The van der Waals surface area contributed by atoms with Crippen LogP contribution in [0.15, 0.2) is 22.9 Å². The molecule has 0 aliphatic rings. The number of ether oxygens (including phenoxy) is 1. The molecule has 0 radical (unpaired) electrons. The summed E-state index contributed by atoms with van der Waals surface area (Å²) >= 11 is 0. The van der Waals surface area contributed by atoms with E-state index in [1.54, 1.807) is 27.0 Å². The fraction of sp³-hybridized carbons (Fsp3) is 0.467. The standard InChI is InChI=1S/C15H19N3O3/c1-5-10-8-7-9-16-11(10)12-17-13(21-18-12)15(3,4)14(19)20-6-2/h7-9H,5-6H2,1-4H3. The highest BCUT2D eigenvalue weighted by Crippen LogP contribution is 2.26. The van der Waals surface area contributed by atoms with Crippen LogP contribution in [0.4, 0.5) is 0 Å². The second-order valence-corrected chi connectivity index (χ2v) is 5.13. The lowest BCUT2D eigenvalue weighted by Gasteiger charge is -2.16. The number of hydrogen-bond donors (Lipinski definition) is 0. The summed E-state index contributed by atoms with van der Waals surface area (Å²) in [4.78, 5) is 20.6. The fourth-order valence-electron chi connectivity index (χ4n) is 1.90. The van der Waals surface area contributed by atoms with Crippen molar-refractivity contribution < 1.29 is 14.1 Å². The van der Waals surface area contributed by atoms with E-state index in [9.17, 15) is 4.79 Å². The molecule has 2 aromatic heterocycles. The van der Waals surface area contributed by atoms with Gasteiger partial charge in [0.25, 0.3) is 0 Å². The van der Waals surface area contributed by atoms with Crippen LogP contribution < -0.4 is 0 Å². The summed E-state index contributed by atoms with van der Waals surface area (Å²) in [6.07, 6.45) is 2.50. The van der Waals surface area contributed by atoms with Gasteiger partial charge in [-0.1, -0.05) is 18.1 Å². The van der Waals surface area contributed by atoms with E-state index in [0.717, 1.165) is 12.0 Å². The van der Waals surface area contributed by atoms with Crippen LogP contribution >= 0.6 is 0 Å². The Balaban J connectivity index is 2.36. The van der Waals surface area contributed by atoms with E-state index in [2.05, 4.69) is 15.1 Å². The van der Waals surface area contributed by atoms with Crippen molar-refractivity contribution in [2.45, 2.75) is 39.5 Å². The Morgan fingerprint density at radius 3 is 2.81 bits per heavy atom. The zero-order chi connectivity index (χ0) is 15.5. The van der Waals surface area contributed by atoms with Crippen LogP contribution in [-0.4, -0.2) is 27.7 Å². The third kappa shape index (κ3) is 2.94. The lowest BCUT2D eigenvalue weighted by atomic mass is 9.94. The highest BCUT2D eigenvalue weighted by Gasteiger charge is 2.37. The summed E-state index contributed by atoms with van der Waals surface area (Å²) in [5, 5.41) is 3.95. The van der Waals surface area contributed by atoms with Crippen molar-refractivity contribution in [3.8, 4) is 11.5 Å². The number of rotatable bonds is 5. The number of nitrogens with zero attached hydrogens (tertiary/aromatic N) is 3. The monoisotopic (exact) mass is 289 g/mol. The summed E-state index contributed by atoms with van der Waals surface area (Å²) < 4.78 is 10.3. The second kappa shape index (κ2) is 6.03. The highest BCUT2D eigenvalue weighted by molar-refractivity contribution is 5.80. The number of pyridine rings is 1. The number of aryl methyl sites for hydroxylation is 1. The molecular weight excluding hydrogens is 270 g/mol. The smallest absolute Gasteiger partial charge is 0.321 e. The molecule has 6 nitrogen and oxygen atoms in total. The fourth-order valence-corrected chi connectivity index (χ4v) is 1.90. The first-order valence-electron chi connectivity index (χ1n) is 6.96. The van der Waals surface area contributed by atoms with Crippen molar-refractivity contribution in [1.29, 1.82) is 0 Å². The normalized spacial score (nSPS) is 11.4. The second-order valence-electron chi connectivity index (χ2n) is 5.13. The molecule has 0 saturated carbocycles. The number of aromatic nitrogens is 3. The van der Waals surface area contributed by atoms with E-state index in [0.29, 0.717) is 18.1 Å². The van der Waals surface area contributed by atoms with Gasteiger partial charge in [0.1, 0.15) is 11.1 Å². The third-order valence-corrected chi connectivity index (χ3v) is 3.23. The summed E-state index contributed by atoms with van der Waals surface area (Å²) in [6.45, 7) is 7.49. The highest BCUT2D eigenvalue weighted by atomic mass is 16.5. The minimum Gasteiger partial charge on any atom is -0.465 e. The van der Waals surface area contributed by atoms with E-state index in [1.807, 2.05) is 19.1 Å². The van der Waals surface area contributed by atoms with Crippen molar-refractivity contribution in [3.05, 3.63) is 29.8 Å². The molecule has 2 heterocycles. The molecule has 21 heavy (non-hydrogen) atoms. The van der Waals surface area contributed by atoms with Gasteiger partial charge in [-0.25, -0.2) is 0 Å². The molecule has 2 rings (SSSR count). The Morgan fingerprint density at radius 1 is 1.38 bits per heavy atom. The van der Waals surface area contributed by atoms with Gasteiger partial charge in [-0.05, 0) is 38.8 Å². The summed E-state index contributed by atoms with van der Waals surface area (Å²) in [5.41, 5.74) is 0.719. The van der Waals surface area contributed by atoms with Crippen molar-refractivity contribution >= 4 is 5.97 Å². The molecule has 2 aromatic rings. The number of esters is 1. The molecule has 0 aliphatic heterocycles. The maximum absolute atomic E-state index is 12.0. The Bertz CT molecular complexity index is 635. The summed E-state index contributed by atoms with van der Waals surface area (Å²) in [6, 6.07) is 3.83. The zero-order valence-corrected chi connectivity index (χ0v) is 12.7. The van der Waals surface area contributed by atoms with Crippen LogP contribution in [0, 0.1) is 0 Å². The molecule has 0 aromatic carbocycles. The summed E-state index contributed by atoms with van der Waals surface area (Å²) in [5.74, 6) is 0.223. The van der Waals surface area contributed by atoms with Crippen molar-refractivity contribution in [3.63, 3.8) is 0 Å². The van der Waals surface area contributed by atoms with Gasteiger partial charge in [-0.2, -0.15) is 4.98 Å². The Labute approximate surface area is 123 Å². The molecule has 112 valence electrons. The van der Waals surface area contributed by atoms with E-state index in [4.69, 9.17) is 9.26 Å². The minimum atomic E-state index is -0.984. The van der Waals surface area contributed by atoms with Crippen LogP contribution in [0.2, 0.25) is 0 Å². The van der Waals surface area contributed by atoms with Gasteiger partial charge in [-0.3, -0.25) is 9.78 Å². The first-order valence-corrected chi connectivity index (χ1v) is 6.96. The predicted molar refractivity (Wildman–Crippen MR) is 76.6 cm³/mol. The van der Waals surface area contributed by atoms with Gasteiger partial charge in [-0.15, -0.1) is 0 Å². The van der Waals surface area contributed by atoms with Gasteiger partial charge in [0.05, 0.1) is 6.61 Å². The molecule has 0 spiro atoms. The Kier molecular flexibility index (Phi) is 4.35. The van der Waals surface area contributed by atoms with Crippen LogP contribution in [0.3, 0.4) is 0 Å².